The number of phenols is 1. The Balaban J connectivity index is 2.36. The van der Waals surface area contributed by atoms with E-state index in [1.165, 1.54) is 7.11 Å². The number of hydrogen-bond acceptors (Lipinski definition) is 3. The molecule has 2 N–H and O–H groups in total. The van der Waals surface area contributed by atoms with Gasteiger partial charge < -0.3 is 15.2 Å². The number of aromatic hydroxyl groups is 1. The van der Waals surface area contributed by atoms with Crippen molar-refractivity contribution in [2.75, 3.05) is 20.2 Å². The van der Waals surface area contributed by atoms with E-state index in [0.29, 0.717) is 6.54 Å². The van der Waals surface area contributed by atoms with Crippen molar-refractivity contribution in [1.29, 1.82) is 0 Å². The Morgan fingerprint density at radius 3 is 2.70 bits per heavy atom. The highest BCUT2D eigenvalue weighted by Crippen LogP contribution is 2.41. The minimum atomic E-state index is -4.47. The minimum absolute atomic E-state index is 0.0643. The van der Waals surface area contributed by atoms with Crippen LogP contribution in [0.3, 0.4) is 0 Å². The van der Waals surface area contributed by atoms with Gasteiger partial charge in [-0.05, 0) is 50.4 Å². The second kappa shape index (κ2) is 5.91. The largest absolute Gasteiger partial charge is 0.504 e. The SMILES string of the molecule is COc1ccc(C(F)(F)F)c(CC2CCCNC2)c1O. The molecule has 20 heavy (non-hydrogen) atoms. The summed E-state index contributed by atoms with van der Waals surface area (Å²) in [5.74, 6) is -0.215. The molecule has 1 unspecified atom stereocenters. The Bertz CT molecular complexity index is 468. The van der Waals surface area contributed by atoms with Crippen LogP contribution in [0.2, 0.25) is 0 Å². The molecule has 6 heteroatoms. The number of methoxy groups -OCH3 is 1. The molecule has 1 atom stereocenters. The molecule has 1 aromatic carbocycles. The van der Waals surface area contributed by atoms with Crippen LogP contribution in [-0.2, 0) is 12.6 Å². The van der Waals surface area contributed by atoms with Crippen LogP contribution in [0.15, 0.2) is 12.1 Å². The van der Waals surface area contributed by atoms with E-state index >= 15 is 0 Å². The molecule has 0 bridgehead atoms. The third kappa shape index (κ3) is 3.17. The summed E-state index contributed by atoms with van der Waals surface area (Å²) in [6.07, 6.45) is -2.47. The van der Waals surface area contributed by atoms with Gasteiger partial charge in [-0.25, -0.2) is 0 Å². The van der Waals surface area contributed by atoms with Crippen LogP contribution in [0.5, 0.6) is 11.5 Å². The topological polar surface area (TPSA) is 41.5 Å². The fourth-order valence-electron chi connectivity index (χ4n) is 2.64. The molecule has 1 aliphatic heterocycles. The molecule has 1 saturated heterocycles. The standard InChI is InChI=1S/C14H18F3NO2/c1-20-12-5-4-11(14(15,16)17)10(13(12)19)7-9-3-2-6-18-8-9/h4-5,9,18-19H,2-3,6-8H2,1H3. The van der Waals surface area contributed by atoms with Gasteiger partial charge in [-0.15, -0.1) is 0 Å². The first-order valence-electron chi connectivity index (χ1n) is 6.60. The Hall–Kier alpha value is -1.43. The van der Waals surface area contributed by atoms with E-state index in [1.807, 2.05) is 0 Å². The van der Waals surface area contributed by atoms with E-state index in [4.69, 9.17) is 4.74 Å². The lowest BCUT2D eigenvalue weighted by atomic mass is 9.89. The Kier molecular flexibility index (Phi) is 4.42. The highest BCUT2D eigenvalue weighted by molar-refractivity contribution is 5.51. The summed E-state index contributed by atoms with van der Waals surface area (Å²) in [4.78, 5) is 0. The van der Waals surface area contributed by atoms with Crippen molar-refractivity contribution >= 4 is 0 Å². The molecule has 0 spiro atoms. The van der Waals surface area contributed by atoms with Crippen LogP contribution in [0.25, 0.3) is 0 Å². The lowest BCUT2D eigenvalue weighted by Gasteiger charge is -2.25. The van der Waals surface area contributed by atoms with Crippen LogP contribution >= 0.6 is 0 Å². The van der Waals surface area contributed by atoms with Crippen LogP contribution < -0.4 is 10.1 Å². The second-order valence-corrected chi connectivity index (χ2v) is 5.06. The molecule has 1 aromatic rings. The van der Waals surface area contributed by atoms with Crippen molar-refractivity contribution in [2.24, 2.45) is 5.92 Å². The molecule has 0 aromatic heterocycles. The third-order valence-corrected chi connectivity index (χ3v) is 3.66. The van der Waals surface area contributed by atoms with Gasteiger partial charge in [0.25, 0.3) is 0 Å². The highest BCUT2D eigenvalue weighted by atomic mass is 19.4. The van der Waals surface area contributed by atoms with Gasteiger partial charge in [0.2, 0.25) is 0 Å². The van der Waals surface area contributed by atoms with E-state index in [1.54, 1.807) is 0 Å². The molecular formula is C14H18F3NO2. The van der Waals surface area contributed by atoms with Crippen molar-refractivity contribution in [2.45, 2.75) is 25.4 Å². The zero-order valence-corrected chi connectivity index (χ0v) is 11.3. The van der Waals surface area contributed by atoms with E-state index in [2.05, 4.69) is 5.32 Å². The van der Waals surface area contributed by atoms with Crippen molar-refractivity contribution < 1.29 is 23.0 Å². The zero-order valence-electron chi connectivity index (χ0n) is 11.3. The van der Waals surface area contributed by atoms with Crippen molar-refractivity contribution in [3.63, 3.8) is 0 Å². The summed E-state index contributed by atoms with van der Waals surface area (Å²) in [5.41, 5.74) is -0.841. The van der Waals surface area contributed by atoms with Gasteiger partial charge in [0.05, 0.1) is 12.7 Å². The summed E-state index contributed by atoms with van der Waals surface area (Å²) in [6.45, 7) is 1.57. The lowest BCUT2D eigenvalue weighted by Crippen LogP contribution is -2.31. The molecule has 3 nitrogen and oxygen atoms in total. The van der Waals surface area contributed by atoms with E-state index in [9.17, 15) is 18.3 Å². The molecule has 0 amide bonds. The second-order valence-electron chi connectivity index (χ2n) is 5.06. The quantitative estimate of drug-likeness (QED) is 0.899. The summed E-state index contributed by atoms with van der Waals surface area (Å²) >= 11 is 0. The molecule has 2 rings (SSSR count). The van der Waals surface area contributed by atoms with Gasteiger partial charge in [0.15, 0.2) is 11.5 Å². The van der Waals surface area contributed by atoms with Gasteiger partial charge in [-0.3, -0.25) is 0 Å². The van der Waals surface area contributed by atoms with Crippen LogP contribution in [-0.4, -0.2) is 25.3 Å². The van der Waals surface area contributed by atoms with Gasteiger partial charge in [-0.2, -0.15) is 13.2 Å². The normalized spacial score (nSPS) is 19.9. The van der Waals surface area contributed by atoms with Crippen molar-refractivity contribution in [3.05, 3.63) is 23.3 Å². The Morgan fingerprint density at radius 2 is 2.15 bits per heavy atom. The first-order valence-corrected chi connectivity index (χ1v) is 6.60. The van der Waals surface area contributed by atoms with Crippen molar-refractivity contribution in [3.8, 4) is 11.5 Å². The summed E-state index contributed by atoms with van der Waals surface area (Å²) in [5, 5.41) is 13.2. The van der Waals surface area contributed by atoms with Crippen LogP contribution in [0, 0.1) is 5.92 Å². The van der Waals surface area contributed by atoms with Gasteiger partial charge in [0.1, 0.15) is 0 Å². The fourth-order valence-corrected chi connectivity index (χ4v) is 2.64. The molecule has 0 saturated carbocycles. The number of piperidine rings is 1. The monoisotopic (exact) mass is 289 g/mol. The minimum Gasteiger partial charge on any atom is -0.504 e. The predicted molar refractivity (Wildman–Crippen MR) is 69.0 cm³/mol. The number of alkyl halides is 3. The molecule has 0 aliphatic carbocycles. The van der Waals surface area contributed by atoms with E-state index in [0.717, 1.165) is 31.5 Å². The van der Waals surface area contributed by atoms with Crippen LogP contribution in [0.1, 0.15) is 24.0 Å². The predicted octanol–water partition coefficient (Wildman–Crippen LogP) is 2.96. The number of rotatable bonds is 3. The number of ether oxygens (including phenoxy) is 1. The first-order chi connectivity index (χ1) is 9.43. The maximum Gasteiger partial charge on any atom is 0.416 e. The third-order valence-electron chi connectivity index (χ3n) is 3.66. The summed E-state index contributed by atoms with van der Waals surface area (Å²) < 4.78 is 44.1. The average molecular weight is 289 g/mol. The summed E-state index contributed by atoms with van der Waals surface area (Å²) in [7, 11) is 1.33. The number of halogens is 3. The Labute approximate surface area is 115 Å². The highest BCUT2D eigenvalue weighted by Gasteiger charge is 2.36. The average Bonchev–Trinajstić information content (AvgIpc) is 2.41. The van der Waals surface area contributed by atoms with Gasteiger partial charge >= 0.3 is 6.18 Å². The number of nitrogens with one attached hydrogen (secondary N) is 1. The van der Waals surface area contributed by atoms with E-state index in [-0.39, 0.29) is 23.7 Å². The Morgan fingerprint density at radius 1 is 1.40 bits per heavy atom. The zero-order chi connectivity index (χ0) is 14.8. The summed E-state index contributed by atoms with van der Waals surface area (Å²) in [6, 6.07) is 2.13. The smallest absolute Gasteiger partial charge is 0.416 e. The number of benzene rings is 1. The molecule has 112 valence electrons. The maximum absolute atomic E-state index is 13.1. The molecule has 0 radical (unpaired) electrons. The van der Waals surface area contributed by atoms with Gasteiger partial charge in [-0.1, -0.05) is 0 Å². The first kappa shape index (κ1) is 15.0. The van der Waals surface area contributed by atoms with E-state index < -0.39 is 17.5 Å². The number of hydrogen-bond donors (Lipinski definition) is 2. The lowest BCUT2D eigenvalue weighted by molar-refractivity contribution is -0.138. The van der Waals surface area contributed by atoms with Crippen molar-refractivity contribution in [1.82, 2.24) is 5.32 Å². The molecule has 1 aliphatic rings. The number of phenolic OH excluding ortho intramolecular Hbond substituents is 1. The molecule has 1 fully saturated rings. The van der Waals surface area contributed by atoms with Crippen LogP contribution in [0.4, 0.5) is 13.2 Å². The van der Waals surface area contributed by atoms with Gasteiger partial charge in [0, 0.05) is 5.56 Å². The maximum atomic E-state index is 13.1. The molecular weight excluding hydrogens is 271 g/mol. The molecule has 1 heterocycles. The fraction of sp³-hybridized carbons (Fsp3) is 0.571.